The molecule has 178 valence electrons. The molecule has 1 saturated carbocycles. The summed E-state index contributed by atoms with van der Waals surface area (Å²) in [6.07, 6.45) is 5.84. The molecule has 7 heteroatoms. The Morgan fingerprint density at radius 3 is 2.53 bits per heavy atom. The van der Waals surface area contributed by atoms with Crippen molar-refractivity contribution in [2.24, 2.45) is 0 Å². The fourth-order valence-electron chi connectivity index (χ4n) is 5.11. The number of ether oxygens (including phenoxy) is 1. The van der Waals surface area contributed by atoms with E-state index in [-0.39, 0.29) is 17.9 Å². The molecule has 0 spiro atoms. The molecule has 1 fully saturated rings. The van der Waals surface area contributed by atoms with Crippen LogP contribution >= 0.6 is 0 Å². The van der Waals surface area contributed by atoms with Crippen LogP contribution in [0.5, 0.6) is 5.75 Å². The molecule has 5 rings (SSSR count). The average molecular weight is 462 g/mol. The molecule has 0 bridgehead atoms. The number of fused-ring (bicyclic) bond motifs is 1. The third-order valence-corrected chi connectivity index (χ3v) is 7.03. The first kappa shape index (κ1) is 22.3. The van der Waals surface area contributed by atoms with E-state index in [1.807, 2.05) is 66.9 Å². The summed E-state index contributed by atoms with van der Waals surface area (Å²) >= 11 is 0. The normalized spacial score (nSPS) is 20.4. The minimum Gasteiger partial charge on any atom is -0.494 e. The summed E-state index contributed by atoms with van der Waals surface area (Å²) in [5.74, 6) is 1.19. The highest BCUT2D eigenvalue weighted by molar-refractivity contribution is 6.00. The van der Waals surface area contributed by atoms with Gasteiger partial charge in [0.15, 0.2) is 0 Å². The van der Waals surface area contributed by atoms with Crippen molar-refractivity contribution >= 4 is 11.8 Å². The van der Waals surface area contributed by atoms with Crippen molar-refractivity contribution in [2.75, 3.05) is 6.61 Å². The van der Waals surface area contributed by atoms with Gasteiger partial charge < -0.3 is 23.9 Å². The average Bonchev–Trinajstić information content (AvgIpc) is 3.60. The van der Waals surface area contributed by atoms with Gasteiger partial charge in [0.05, 0.1) is 25.1 Å². The molecule has 0 radical (unpaired) electrons. The van der Waals surface area contributed by atoms with Crippen molar-refractivity contribution in [3.05, 3.63) is 66.1 Å². The van der Waals surface area contributed by atoms with Gasteiger partial charge >= 0.3 is 0 Å². The lowest BCUT2D eigenvalue weighted by Crippen LogP contribution is -2.64. The highest BCUT2D eigenvalue weighted by Gasteiger charge is 2.48. The van der Waals surface area contributed by atoms with E-state index in [4.69, 9.17) is 9.15 Å². The van der Waals surface area contributed by atoms with E-state index in [0.717, 1.165) is 42.7 Å². The zero-order valence-electron chi connectivity index (χ0n) is 19.8. The summed E-state index contributed by atoms with van der Waals surface area (Å²) in [7, 11) is 0. The van der Waals surface area contributed by atoms with Crippen molar-refractivity contribution in [3.63, 3.8) is 0 Å². The second kappa shape index (κ2) is 9.05. The third kappa shape index (κ3) is 4.00. The molecule has 7 nitrogen and oxygen atoms in total. The smallest absolute Gasteiger partial charge is 0.271 e. The number of carbonyl (C=O) groups excluding carboxylic acids is 2. The van der Waals surface area contributed by atoms with Crippen molar-refractivity contribution in [2.45, 2.75) is 64.2 Å². The van der Waals surface area contributed by atoms with E-state index in [9.17, 15) is 9.59 Å². The maximum Gasteiger partial charge on any atom is 0.271 e. The lowest BCUT2D eigenvalue weighted by molar-refractivity contribution is -0.133. The van der Waals surface area contributed by atoms with Crippen molar-refractivity contribution in [1.29, 1.82) is 0 Å². The van der Waals surface area contributed by atoms with Crippen LogP contribution in [0.2, 0.25) is 0 Å². The summed E-state index contributed by atoms with van der Waals surface area (Å²) in [4.78, 5) is 29.2. The van der Waals surface area contributed by atoms with Crippen LogP contribution in [0.25, 0.3) is 11.5 Å². The largest absolute Gasteiger partial charge is 0.494 e. The monoisotopic (exact) mass is 461 g/mol. The SMILES string of the molecule is CCOc1ccc(CN2C(=O)c3ccc(-c4ccco4)n3C[C@]2(C)C(=O)NC2CCCC2)cc1. The quantitative estimate of drug-likeness (QED) is 0.557. The molecule has 2 aromatic heterocycles. The summed E-state index contributed by atoms with van der Waals surface area (Å²) in [6.45, 7) is 5.10. The number of amides is 2. The number of benzene rings is 1. The predicted octanol–water partition coefficient (Wildman–Crippen LogP) is 4.62. The summed E-state index contributed by atoms with van der Waals surface area (Å²) in [6, 6.07) is 15.3. The molecule has 0 unspecified atom stereocenters. The topological polar surface area (TPSA) is 76.7 Å². The number of furan rings is 1. The summed E-state index contributed by atoms with van der Waals surface area (Å²) in [5, 5.41) is 3.24. The van der Waals surface area contributed by atoms with Crippen LogP contribution in [0.1, 0.15) is 55.6 Å². The van der Waals surface area contributed by atoms with Crippen LogP contribution < -0.4 is 10.1 Å². The van der Waals surface area contributed by atoms with Gasteiger partial charge in [0.25, 0.3) is 5.91 Å². The van der Waals surface area contributed by atoms with Gasteiger partial charge in [0.1, 0.15) is 22.7 Å². The fraction of sp³-hybridized carbons (Fsp3) is 0.407. The van der Waals surface area contributed by atoms with Crippen LogP contribution in [-0.2, 0) is 17.9 Å². The van der Waals surface area contributed by atoms with E-state index in [0.29, 0.717) is 31.2 Å². The van der Waals surface area contributed by atoms with Crippen molar-refractivity contribution < 1.29 is 18.7 Å². The van der Waals surface area contributed by atoms with Crippen LogP contribution in [0.3, 0.4) is 0 Å². The number of nitrogens with zero attached hydrogens (tertiary/aromatic N) is 2. The number of rotatable bonds is 7. The molecule has 0 saturated heterocycles. The Balaban J connectivity index is 1.50. The van der Waals surface area contributed by atoms with Gasteiger partial charge in [0, 0.05) is 12.6 Å². The van der Waals surface area contributed by atoms with E-state index in [1.54, 1.807) is 11.2 Å². The zero-order valence-corrected chi connectivity index (χ0v) is 19.8. The second-order valence-electron chi connectivity index (χ2n) is 9.36. The third-order valence-electron chi connectivity index (χ3n) is 7.03. The Kier molecular flexibility index (Phi) is 5.94. The lowest BCUT2D eigenvalue weighted by atomic mass is 9.93. The highest BCUT2D eigenvalue weighted by atomic mass is 16.5. The number of hydrogen-bond donors (Lipinski definition) is 1. The van der Waals surface area contributed by atoms with Gasteiger partial charge in [-0.3, -0.25) is 9.59 Å². The molecule has 1 atom stereocenters. The van der Waals surface area contributed by atoms with E-state index < -0.39 is 5.54 Å². The van der Waals surface area contributed by atoms with Crippen LogP contribution in [-0.4, -0.2) is 39.5 Å². The molecule has 3 heterocycles. The molecule has 2 aliphatic rings. The Morgan fingerprint density at radius 2 is 1.85 bits per heavy atom. The minimum atomic E-state index is -1.05. The number of hydrogen-bond acceptors (Lipinski definition) is 4. The van der Waals surface area contributed by atoms with Gasteiger partial charge in [-0.1, -0.05) is 25.0 Å². The first-order valence-electron chi connectivity index (χ1n) is 12.1. The molecular weight excluding hydrogens is 430 g/mol. The predicted molar refractivity (Wildman–Crippen MR) is 128 cm³/mol. The molecule has 34 heavy (non-hydrogen) atoms. The van der Waals surface area contributed by atoms with E-state index >= 15 is 0 Å². The second-order valence-corrected chi connectivity index (χ2v) is 9.36. The maximum atomic E-state index is 13.8. The standard InChI is InChI=1S/C27H31N3O4/c1-3-33-21-12-10-19(11-13-21)17-30-25(31)23-15-14-22(24-9-6-16-34-24)29(23)18-27(30,2)26(32)28-20-7-4-5-8-20/h6,9-16,20H,3-5,7-8,17-18H2,1-2H3,(H,28,32)/t27-/m1/s1. The Labute approximate surface area is 199 Å². The van der Waals surface area contributed by atoms with E-state index in [2.05, 4.69) is 5.32 Å². The van der Waals surface area contributed by atoms with Gasteiger partial charge in [-0.05, 0) is 68.7 Å². The molecule has 1 N–H and O–H groups in total. The lowest BCUT2D eigenvalue weighted by Gasteiger charge is -2.44. The molecule has 3 aromatic rings. The van der Waals surface area contributed by atoms with Gasteiger partial charge in [-0.2, -0.15) is 0 Å². The first-order chi connectivity index (χ1) is 16.5. The van der Waals surface area contributed by atoms with E-state index in [1.165, 1.54) is 0 Å². The Bertz CT molecular complexity index is 1160. The van der Waals surface area contributed by atoms with Crippen molar-refractivity contribution in [1.82, 2.24) is 14.8 Å². The summed E-state index contributed by atoms with van der Waals surface area (Å²) in [5.41, 5.74) is 1.26. The van der Waals surface area contributed by atoms with Crippen LogP contribution in [0.4, 0.5) is 0 Å². The molecule has 1 aliphatic carbocycles. The number of nitrogens with one attached hydrogen (secondary N) is 1. The minimum absolute atomic E-state index is 0.108. The summed E-state index contributed by atoms with van der Waals surface area (Å²) < 4.78 is 13.1. The Hall–Kier alpha value is -3.48. The zero-order chi connectivity index (χ0) is 23.7. The maximum absolute atomic E-state index is 13.8. The number of aromatic nitrogens is 1. The van der Waals surface area contributed by atoms with Gasteiger partial charge in [-0.25, -0.2) is 0 Å². The molecule has 1 aromatic carbocycles. The Morgan fingerprint density at radius 1 is 1.12 bits per heavy atom. The van der Waals surface area contributed by atoms with Crippen LogP contribution in [0.15, 0.2) is 59.2 Å². The highest BCUT2D eigenvalue weighted by Crippen LogP contribution is 2.35. The molecular formula is C27H31N3O4. The fourth-order valence-corrected chi connectivity index (χ4v) is 5.11. The molecule has 2 amide bonds. The van der Waals surface area contributed by atoms with Gasteiger partial charge in [0.2, 0.25) is 5.91 Å². The first-order valence-corrected chi connectivity index (χ1v) is 12.1. The van der Waals surface area contributed by atoms with Crippen molar-refractivity contribution in [3.8, 4) is 17.2 Å². The van der Waals surface area contributed by atoms with Crippen LogP contribution in [0, 0.1) is 0 Å². The van der Waals surface area contributed by atoms with Gasteiger partial charge in [-0.15, -0.1) is 0 Å². The number of carbonyl (C=O) groups is 2. The molecule has 1 aliphatic heterocycles.